The average molecular weight is 145 g/mol. The first-order valence-corrected chi connectivity index (χ1v) is 3.84. The van der Waals surface area contributed by atoms with Crippen molar-refractivity contribution in [1.29, 1.82) is 0 Å². The smallest absolute Gasteiger partial charge is 0.0844 e. The highest BCUT2D eigenvalue weighted by molar-refractivity contribution is 4.64. The van der Waals surface area contributed by atoms with Crippen molar-refractivity contribution in [3.8, 4) is 0 Å². The molecule has 0 bridgehead atoms. The van der Waals surface area contributed by atoms with E-state index in [2.05, 4.69) is 6.92 Å². The van der Waals surface area contributed by atoms with E-state index in [1.54, 1.807) is 0 Å². The van der Waals surface area contributed by atoms with Gasteiger partial charge in [0.05, 0.1) is 12.2 Å². The van der Waals surface area contributed by atoms with Gasteiger partial charge in [0.2, 0.25) is 0 Å². The number of hydrogen-bond acceptors (Lipinski definition) is 1. The van der Waals surface area contributed by atoms with Gasteiger partial charge in [-0.3, -0.25) is 0 Å². The number of hydrogen-bond donors (Lipinski definition) is 0. The van der Waals surface area contributed by atoms with Crippen molar-refractivity contribution in [2.75, 3.05) is 13.2 Å². The van der Waals surface area contributed by atoms with E-state index in [1.807, 2.05) is 13.8 Å². The first kappa shape index (κ1) is 9.92. The third-order valence-corrected chi connectivity index (χ3v) is 1.63. The standard InChI is InChI=1S/C8H17O2/c1-4-8(2,3)10-7-5-6-9/h4-7H2,1-3H3. The van der Waals surface area contributed by atoms with Gasteiger partial charge in [-0.25, -0.2) is 5.11 Å². The normalized spacial score (nSPS) is 12.0. The zero-order valence-corrected chi connectivity index (χ0v) is 7.14. The van der Waals surface area contributed by atoms with Crippen LogP contribution >= 0.6 is 0 Å². The van der Waals surface area contributed by atoms with Crippen LogP contribution in [-0.4, -0.2) is 18.8 Å². The maximum Gasteiger partial charge on any atom is 0.0844 e. The van der Waals surface area contributed by atoms with Crippen LogP contribution in [-0.2, 0) is 9.84 Å². The van der Waals surface area contributed by atoms with Gasteiger partial charge in [0.25, 0.3) is 0 Å². The fourth-order valence-corrected chi connectivity index (χ4v) is 0.509. The molecular formula is C8H17O2. The maximum absolute atomic E-state index is 10.0. The highest BCUT2D eigenvalue weighted by Gasteiger charge is 2.13. The van der Waals surface area contributed by atoms with Gasteiger partial charge < -0.3 is 4.74 Å². The van der Waals surface area contributed by atoms with E-state index in [-0.39, 0.29) is 12.2 Å². The van der Waals surface area contributed by atoms with E-state index >= 15 is 0 Å². The second kappa shape index (κ2) is 4.69. The summed E-state index contributed by atoms with van der Waals surface area (Å²) in [5.74, 6) is 0. The Bertz CT molecular complexity index is 79.3. The summed E-state index contributed by atoms with van der Waals surface area (Å²) in [4.78, 5) is 0. The summed E-state index contributed by atoms with van der Waals surface area (Å²) in [6, 6.07) is 0. The Balaban J connectivity index is 3.28. The van der Waals surface area contributed by atoms with Gasteiger partial charge >= 0.3 is 0 Å². The van der Waals surface area contributed by atoms with Gasteiger partial charge in [-0.1, -0.05) is 6.92 Å². The largest absolute Gasteiger partial charge is 0.375 e. The second-order valence-electron chi connectivity index (χ2n) is 3.02. The summed E-state index contributed by atoms with van der Waals surface area (Å²) in [6.45, 7) is 6.73. The molecule has 2 nitrogen and oxygen atoms in total. The summed E-state index contributed by atoms with van der Waals surface area (Å²) in [5.41, 5.74) is -0.0465. The predicted octanol–water partition coefficient (Wildman–Crippen LogP) is 2.01. The SMILES string of the molecule is CCC(C)(C)OCCC[O]. The van der Waals surface area contributed by atoms with Crippen LogP contribution in [0.5, 0.6) is 0 Å². The van der Waals surface area contributed by atoms with Gasteiger partial charge in [0.1, 0.15) is 0 Å². The lowest BCUT2D eigenvalue weighted by Gasteiger charge is -2.22. The first-order chi connectivity index (χ1) is 4.62. The van der Waals surface area contributed by atoms with E-state index < -0.39 is 0 Å². The summed E-state index contributed by atoms with van der Waals surface area (Å²) in [7, 11) is 0. The molecule has 0 aliphatic heterocycles. The van der Waals surface area contributed by atoms with Gasteiger partial charge in [-0.05, 0) is 26.7 Å². The molecule has 0 saturated carbocycles. The molecular weight excluding hydrogens is 128 g/mol. The minimum Gasteiger partial charge on any atom is -0.375 e. The summed E-state index contributed by atoms with van der Waals surface area (Å²) >= 11 is 0. The van der Waals surface area contributed by atoms with Crippen molar-refractivity contribution >= 4 is 0 Å². The molecule has 0 atom stereocenters. The maximum atomic E-state index is 10.0. The fraction of sp³-hybridized carbons (Fsp3) is 1.00. The Morgan fingerprint density at radius 3 is 2.40 bits per heavy atom. The summed E-state index contributed by atoms with van der Waals surface area (Å²) in [5, 5.41) is 10.0. The lowest BCUT2D eigenvalue weighted by atomic mass is 10.1. The van der Waals surface area contributed by atoms with Crippen molar-refractivity contribution in [3.63, 3.8) is 0 Å². The van der Waals surface area contributed by atoms with Crippen LogP contribution < -0.4 is 0 Å². The Kier molecular flexibility index (Phi) is 4.65. The monoisotopic (exact) mass is 145 g/mol. The van der Waals surface area contributed by atoms with E-state index in [0.29, 0.717) is 13.0 Å². The number of ether oxygens (including phenoxy) is 1. The van der Waals surface area contributed by atoms with Crippen molar-refractivity contribution in [3.05, 3.63) is 0 Å². The Labute approximate surface area is 63.2 Å². The predicted molar refractivity (Wildman–Crippen MR) is 40.5 cm³/mol. The molecule has 61 valence electrons. The topological polar surface area (TPSA) is 29.1 Å². The molecule has 0 saturated heterocycles. The quantitative estimate of drug-likeness (QED) is 0.544. The van der Waals surface area contributed by atoms with Crippen LogP contribution in [0.4, 0.5) is 0 Å². The summed E-state index contributed by atoms with van der Waals surface area (Å²) < 4.78 is 5.42. The lowest BCUT2D eigenvalue weighted by molar-refractivity contribution is -0.0278. The minimum absolute atomic E-state index is 0.0280. The van der Waals surface area contributed by atoms with E-state index in [1.165, 1.54) is 0 Å². The molecule has 0 aromatic carbocycles. The summed E-state index contributed by atoms with van der Waals surface area (Å²) in [6.07, 6.45) is 1.62. The molecule has 0 aromatic rings. The van der Waals surface area contributed by atoms with Crippen LogP contribution in [0.25, 0.3) is 0 Å². The zero-order valence-electron chi connectivity index (χ0n) is 7.14. The first-order valence-electron chi connectivity index (χ1n) is 3.84. The molecule has 0 aliphatic rings. The fourth-order valence-electron chi connectivity index (χ4n) is 0.509. The molecule has 1 radical (unpaired) electrons. The van der Waals surface area contributed by atoms with Gasteiger partial charge in [0, 0.05) is 6.61 Å². The van der Waals surface area contributed by atoms with Crippen LogP contribution in [0.1, 0.15) is 33.6 Å². The molecule has 10 heavy (non-hydrogen) atoms. The lowest BCUT2D eigenvalue weighted by Crippen LogP contribution is -2.23. The third kappa shape index (κ3) is 4.77. The molecule has 0 amide bonds. The van der Waals surface area contributed by atoms with Crippen LogP contribution in [0, 0.1) is 0 Å². The van der Waals surface area contributed by atoms with Crippen molar-refractivity contribution in [1.82, 2.24) is 0 Å². The molecule has 0 unspecified atom stereocenters. The van der Waals surface area contributed by atoms with E-state index in [0.717, 1.165) is 6.42 Å². The van der Waals surface area contributed by atoms with Gasteiger partial charge in [-0.15, -0.1) is 0 Å². The molecule has 0 N–H and O–H groups in total. The van der Waals surface area contributed by atoms with Gasteiger partial charge in [0.15, 0.2) is 0 Å². The van der Waals surface area contributed by atoms with E-state index in [4.69, 9.17) is 4.74 Å². The third-order valence-electron chi connectivity index (χ3n) is 1.63. The highest BCUT2D eigenvalue weighted by Crippen LogP contribution is 2.13. The molecule has 0 aliphatic carbocycles. The van der Waals surface area contributed by atoms with Crippen molar-refractivity contribution in [2.24, 2.45) is 0 Å². The Morgan fingerprint density at radius 2 is 2.00 bits per heavy atom. The zero-order chi connectivity index (χ0) is 8.04. The molecule has 0 fully saturated rings. The number of rotatable bonds is 5. The van der Waals surface area contributed by atoms with Crippen LogP contribution in [0.15, 0.2) is 0 Å². The molecule has 0 spiro atoms. The molecule has 2 heteroatoms. The second-order valence-corrected chi connectivity index (χ2v) is 3.02. The molecule has 0 rings (SSSR count). The average Bonchev–Trinajstić information content (AvgIpc) is 1.89. The Hall–Kier alpha value is -0.0800. The minimum atomic E-state index is -0.0465. The van der Waals surface area contributed by atoms with Crippen molar-refractivity contribution in [2.45, 2.75) is 39.2 Å². The van der Waals surface area contributed by atoms with Crippen LogP contribution in [0.3, 0.4) is 0 Å². The highest BCUT2D eigenvalue weighted by atomic mass is 16.5. The van der Waals surface area contributed by atoms with Crippen molar-refractivity contribution < 1.29 is 9.84 Å². The van der Waals surface area contributed by atoms with E-state index in [9.17, 15) is 5.11 Å². The molecule has 0 aromatic heterocycles. The van der Waals surface area contributed by atoms with Crippen LogP contribution in [0.2, 0.25) is 0 Å². The molecule has 0 heterocycles. The Morgan fingerprint density at radius 1 is 1.40 bits per heavy atom. The van der Waals surface area contributed by atoms with Gasteiger partial charge in [-0.2, -0.15) is 0 Å².